The van der Waals surface area contributed by atoms with E-state index in [1.807, 2.05) is 6.92 Å². The third-order valence-corrected chi connectivity index (χ3v) is 1.98. The number of esters is 1. The van der Waals surface area contributed by atoms with Crippen LogP contribution < -0.4 is 0 Å². The molecule has 0 aliphatic rings. The fraction of sp³-hybridized carbons (Fsp3) is 0.333. The largest absolute Gasteiger partial charge is 0.465 e. The van der Waals surface area contributed by atoms with Gasteiger partial charge in [-0.2, -0.15) is 0 Å². The molecule has 3 nitrogen and oxygen atoms in total. The van der Waals surface area contributed by atoms with Crippen molar-refractivity contribution in [2.45, 2.75) is 13.3 Å². The van der Waals surface area contributed by atoms with E-state index in [0.29, 0.717) is 10.6 Å². The van der Waals surface area contributed by atoms with E-state index in [2.05, 4.69) is 9.72 Å². The fourth-order valence-corrected chi connectivity index (χ4v) is 1.12. The zero-order valence-corrected chi connectivity index (χ0v) is 8.26. The van der Waals surface area contributed by atoms with Crippen LogP contribution >= 0.6 is 11.6 Å². The molecule has 0 N–H and O–H groups in total. The van der Waals surface area contributed by atoms with Crippen LogP contribution in [-0.2, 0) is 11.2 Å². The Kier molecular flexibility index (Phi) is 3.25. The number of nitrogens with zero attached hydrogens (tertiary/aromatic N) is 1. The van der Waals surface area contributed by atoms with E-state index >= 15 is 0 Å². The first-order valence-corrected chi connectivity index (χ1v) is 4.29. The lowest BCUT2D eigenvalue weighted by molar-refractivity contribution is 0.0600. The van der Waals surface area contributed by atoms with Crippen LogP contribution in [0.15, 0.2) is 12.3 Å². The number of hydrogen-bond acceptors (Lipinski definition) is 3. The minimum atomic E-state index is -0.429. The fourth-order valence-electron chi connectivity index (χ4n) is 0.942. The molecule has 0 saturated carbocycles. The van der Waals surface area contributed by atoms with Crippen molar-refractivity contribution in [3.63, 3.8) is 0 Å². The highest BCUT2D eigenvalue weighted by Gasteiger charge is 2.11. The zero-order valence-electron chi connectivity index (χ0n) is 7.50. The van der Waals surface area contributed by atoms with Crippen molar-refractivity contribution in [1.82, 2.24) is 4.98 Å². The Balaban J connectivity index is 3.11. The summed E-state index contributed by atoms with van der Waals surface area (Å²) < 4.78 is 4.57. The van der Waals surface area contributed by atoms with Gasteiger partial charge in [0.25, 0.3) is 0 Å². The van der Waals surface area contributed by atoms with Gasteiger partial charge < -0.3 is 4.74 Å². The van der Waals surface area contributed by atoms with Crippen LogP contribution in [0.1, 0.15) is 23.0 Å². The van der Waals surface area contributed by atoms with Crippen LogP contribution in [-0.4, -0.2) is 18.1 Å². The number of hydrogen-bond donors (Lipinski definition) is 0. The molecule has 1 aromatic rings. The number of aryl methyl sites for hydroxylation is 1. The van der Waals surface area contributed by atoms with Crippen molar-refractivity contribution < 1.29 is 9.53 Å². The van der Waals surface area contributed by atoms with Crippen molar-refractivity contribution in [3.05, 3.63) is 28.5 Å². The van der Waals surface area contributed by atoms with Crippen molar-refractivity contribution in [3.8, 4) is 0 Å². The second kappa shape index (κ2) is 4.23. The Hall–Kier alpha value is -1.09. The van der Waals surface area contributed by atoms with E-state index in [1.54, 1.807) is 6.07 Å². The maximum Gasteiger partial charge on any atom is 0.339 e. The lowest BCUT2D eigenvalue weighted by Crippen LogP contribution is -2.03. The summed E-state index contributed by atoms with van der Waals surface area (Å²) in [5, 5.41) is 0.323. The Bertz CT molecular complexity index is 325. The van der Waals surface area contributed by atoms with Crippen LogP contribution in [0.3, 0.4) is 0 Å². The molecule has 0 bridgehead atoms. The van der Waals surface area contributed by atoms with E-state index in [-0.39, 0.29) is 0 Å². The number of rotatable bonds is 2. The van der Waals surface area contributed by atoms with E-state index in [4.69, 9.17) is 11.6 Å². The van der Waals surface area contributed by atoms with Crippen LogP contribution in [0.5, 0.6) is 0 Å². The highest BCUT2D eigenvalue weighted by molar-refractivity contribution is 6.33. The van der Waals surface area contributed by atoms with Crippen LogP contribution in [0.25, 0.3) is 0 Å². The number of aromatic nitrogens is 1. The van der Waals surface area contributed by atoms with Gasteiger partial charge in [0.1, 0.15) is 0 Å². The Labute approximate surface area is 81.7 Å². The van der Waals surface area contributed by atoms with Crippen LogP contribution in [0.4, 0.5) is 0 Å². The van der Waals surface area contributed by atoms with E-state index in [9.17, 15) is 4.79 Å². The number of carbonyl (C=O) groups excluding carboxylic acids is 1. The minimum absolute atomic E-state index is 0.323. The van der Waals surface area contributed by atoms with Crippen molar-refractivity contribution in [2.24, 2.45) is 0 Å². The molecular formula is C9H10ClNO2. The van der Waals surface area contributed by atoms with Crippen LogP contribution in [0.2, 0.25) is 5.02 Å². The first-order chi connectivity index (χ1) is 6.19. The van der Waals surface area contributed by atoms with E-state index in [0.717, 1.165) is 12.1 Å². The summed E-state index contributed by atoms with van der Waals surface area (Å²) in [6, 6.07) is 1.65. The highest BCUT2D eigenvalue weighted by Crippen LogP contribution is 2.16. The summed E-state index contributed by atoms with van der Waals surface area (Å²) in [4.78, 5) is 15.2. The van der Waals surface area contributed by atoms with Gasteiger partial charge in [0, 0.05) is 11.9 Å². The molecule has 0 spiro atoms. The molecule has 0 atom stereocenters. The quantitative estimate of drug-likeness (QED) is 0.685. The summed E-state index contributed by atoms with van der Waals surface area (Å²) in [5.41, 5.74) is 1.20. The first-order valence-electron chi connectivity index (χ1n) is 3.91. The highest BCUT2D eigenvalue weighted by atomic mass is 35.5. The van der Waals surface area contributed by atoms with E-state index < -0.39 is 5.97 Å². The van der Waals surface area contributed by atoms with Gasteiger partial charge in [0.2, 0.25) is 0 Å². The summed E-state index contributed by atoms with van der Waals surface area (Å²) in [7, 11) is 1.32. The lowest BCUT2D eigenvalue weighted by atomic mass is 10.2. The number of pyridine rings is 1. The third kappa shape index (κ3) is 2.18. The molecule has 4 heteroatoms. The van der Waals surface area contributed by atoms with Crippen LogP contribution in [0, 0.1) is 0 Å². The molecule has 0 radical (unpaired) electrons. The molecule has 0 aliphatic heterocycles. The predicted molar refractivity (Wildman–Crippen MR) is 50.0 cm³/mol. The molecule has 0 saturated heterocycles. The van der Waals surface area contributed by atoms with Gasteiger partial charge in [-0.3, -0.25) is 4.98 Å². The van der Waals surface area contributed by atoms with Gasteiger partial charge in [-0.25, -0.2) is 4.79 Å². The summed E-state index contributed by atoms with van der Waals surface area (Å²) >= 11 is 5.76. The Morgan fingerprint density at radius 3 is 2.92 bits per heavy atom. The van der Waals surface area contributed by atoms with Crippen molar-refractivity contribution in [2.75, 3.05) is 7.11 Å². The molecule has 70 valence electrons. The van der Waals surface area contributed by atoms with Gasteiger partial charge in [-0.05, 0) is 12.5 Å². The summed E-state index contributed by atoms with van der Waals surface area (Å²) in [6.07, 6.45) is 2.23. The maximum absolute atomic E-state index is 11.2. The number of halogens is 1. The normalized spacial score (nSPS) is 9.77. The number of methoxy groups -OCH3 is 1. The van der Waals surface area contributed by atoms with Gasteiger partial charge in [0.05, 0.1) is 17.7 Å². The average molecular weight is 200 g/mol. The molecular weight excluding hydrogens is 190 g/mol. The predicted octanol–water partition coefficient (Wildman–Crippen LogP) is 2.08. The third-order valence-electron chi connectivity index (χ3n) is 1.68. The smallest absolute Gasteiger partial charge is 0.339 e. The molecule has 0 unspecified atom stereocenters. The second-order valence-electron chi connectivity index (χ2n) is 2.50. The SMILES string of the molecule is CCc1cc(C(=O)OC)c(Cl)cn1. The van der Waals surface area contributed by atoms with Crippen molar-refractivity contribution in [1.29, 1.82) is 0 Å². The summed E-state index contributed by atoms with van der Waals surface area (Å²) in [5.74, 6) is -0.429. The minimum Gasteiger partial charge on any atom is -0.465 e. The summed E-state index contributed by atoms with van der Waals surface area (Å²) in [6.45, 7) is 1.96. The molecule has 0 aromatic carbocycles. The zero-order chi connectivity index (χ0) is 9.84. The number of ether oxygens (including phenoxy) is 1. The van der Waals surface area contributed by atoms with Gasteiger partial charge in [-0.1, -0.05) is 18.5 Å². The standard InChI is InChI=1S/C9H10ClNO2/c1-3-6-4-7(9(12)13-2)8(10)5-11-6/h4-5H,3H2,1-2H3. The van der Waals surface area contributed by atoms with Gasteiger partial charge >= 0.3 is 5.97 Å². The monoisotopic (exact) mass is 199 g/mol. The van der Waals surface area contributed by atoms with Crippen molar-refractivity contribution >= 4 is 17.6 Å². The Morgan fingerprint density at radius 2 is 2.38 bits per heavy atom. The maximum atomic E-state index is 11.2. The molecule has 1 heterocycles. The molecule has 1 aromatic heterocycles. The molecule has 13 heavy (non-hydrogen) atoms. The topological polar surface area (TPSA) is 39.2 Å². The first kappa shape index (κ1) is 9.99. The van der Waals surface area contributed by atoms with Gasteiger partial charge in [-0.15, -0.1) is 0 Å². The lowest BCUT2D eigenvalue weighted by Gasteiger charge is -2.03. The average Bonchev–Trinajstić information content (AvgIpc) is 2.17. The molecule has 1 rings (SSSR count). The molecule has 0 amide bonds. The molecule has 0 aliphatic carbocycles. The van der Waals surface area contributed by atoms with Gasteiger partial charge in [0.15, 0.2) is 0 Å². The number of carbonyl (C=O) groups is 1. The second-order valence-corrected chi connectivity index (χ2v) is 2.91. The Morgan fingerprint density at radius 1 is 1.69 bits per heavy atom. The van der Waals surface area contributed by atoms with E-state index in [1.165, 1.54) is 13.3 Å². The molecule has 0 fully saturated rings.